The van der Waals surface area contributed by atoms with Crippen molar-refractivity contribution in [1.29, 1.82) is 0 Å². The third-order valence-electron chi connectivity index (χ3n) is 6.64. The number of esters is 1. The van der Waals surface area contributed by atoms with Crippen LogP contribution in [0.5, 0.6) is 0 Å². The zero-order valence-corrected chi connectivity index (χ0v) is 20.4. The fraction of sp³-hybridized carbons (Fsp3) is 0.214. The molecule has 2 aliphatic rings. The van der Waals surface area contributed by atoms with Gasteiger partial charge in [0.15, 0.2) is 5.78 Å². The van der Waals surface area contributed by atoms with Gasteiger partial charge in [-0.1, -0.05) is 48.5 Å². The average Bonchev–Trinajstić information content (AvgIpc) is 3.42. The number of hydrogen-bond donors (Lipinski definition) is 1. The van der Waals surface area contributed by atoms with Crippen molar-refractivity contribution in [1.82, 2.24) is 5.32 Å². The van der Waals surface area contributed by atoms with Crippen LogP contribution in [0.1, 0.15) is 47.6 Å². The second-order valence-electron chi connectivity index (χ2n) is 8.94. The van der Waals surface area contributed by atoms with E-state index in [9.17, 15) is 19.7 Å². The molecular formula is C28H24N2O5S. The minimum Gasteiger partial charge on any atom is -0.457 e. The highest BCUT2D eigenvalue weighted by Gasteiger charge is 2.41. The van der Waals surface area contributed by atoms with Crippen molar-refractivity contribution in [3.05, 3.63) is 121 Å². The van der Waals surface area contributed by atoms with Gasteiger partial charge >= 0.3 is 5.97 Å². The van der Waals surface area contributed by atoms with Crippen molar-refractivity contribution >= 4 is 28.8 Å². The Morgan fingerprint density at radius 2 is 1.83 bits per heavy atom. The third kappa shape index (κ3) is 4.59. The molecule has 0 bridgehead atoms. The van der Waals surface area contributed by atoms with Crippen LogP contribution in [0, 0.1) is 10.1 Å². The van der Waals surface area contributed by atoms with E-state index in [1.54, 1.807) is 30.4 Å². The lowest BCUT2D eigenvalue weighted by molar-refractivity contribution is -0.384. The van der Waals surface area contributed by atoms with Crippen LogP contribution in [0.4, 0.5) is 5.69 Å². The molecule has 1 N–H and O–H groups in total. The van der Waals surface area contributed by atoms with Gasteiger partial charge in [-0.05, 0) is 35.9 Å². The summed E-state index contributed by atoms with van der Waals surface area (Å²) >= 11 is 1.63. The largest absolute Gasteiger partial charge is 0.457 e. The lowest BCUT2D eigenvalue weighted by atomic mass is 9.72. The zero-order chi connectivity index (χ0) is 25.2. The molecule has 2 heterocycles. The van der Waals surface area contributed by atoms with Gasteiger partial charge in [0.2, 0.25) is 0 Å². The minimum atomic E-state index is -0.665. The monoisotopic (exact) mass is 500 g/mol. The first kappa shape index (κ1) is 23.7. The Bertz CT molecular complexity index is 1380. The summed E-state index contributed by atoms with van der Waals surface area (Å²) in [6, 6.07) is 19.4. The highest BCUT2D eigenvalue weighted by molar-refractivity contribution is 7.10. The number of rotatable bonds is 6. The Balaban J connectivity index is 1.52. The topological polar surface area (TPSA) is 98.5 Å². The number of hydrogen-bond acceptors (Lipinski definition) is 7. The fourth-order valence-electron chi connectivity index (χ4n) is 4.96. The zero-order valence-electron chi connectivity index (χ0n) is 19.6. The van der Waals surface area contributed by atoms with Crippen molar-refractivity contribution in [2.24, 2.45) is 0 Å². The van der Waals surface area contributed by atoms with Crippen molar-refractivity contribution in [2.75, 3.05) is 0 Å². The summed E-state index contributed by atoms with van der Waals surface area (Å²) in [6.07, 6.45) is 0.991. The summed E-state index contributed by atoms with van der Waals surface area (Å²) in [4.78, 5) is 38.9. The molecule has 0 saturated carbocycles. The molecule has 7 nitrogen and oxygen atoms in total. The highest BCUT2D eigenvalue weighted by Crippen LogP contribution is 2.46. The van der Waals surface area contributed by atoms with E-state index in [0.29, 0.717) is 35.2 Å². The number of benzene rings is 2. The number of carbonyl (C=O) groups excluding carboxylic acids is 2. The number of non-ortho nitro benzene ring substituents is 1. The molecule has 0 fully saturated rings. The number of nitrogens with one attached hydrogen (secondary N) is 1. The standard InChI is InChI=1S/C28H24N2O5S/c1-17-25(28(32)35-16-18-6-3-2-4-7-18)26(19-9-11-21(12-10-19)30(33)34)27-22(29-17)14-20(15-23(27)31)24-8-5-13-36-24/h2-13,20,26,29H,14-16H2,1H3/t20-,26-/m0/s1. The van der Waals surface area contributed by atoms with Gasteiger partial charge in [0, 0.05) is 52.2 Å². The molecule has 1 aliphatic carbocycles. The summed E-state index contributed by atoms with van der Waals surface area (Å²) < 4.78 is 5.67. The van der Waals surface area contributed by atoms with E-state index in [2.05, 4.69) is 5.32 Å². The number of nitrogens with zero attached hydrogens (tertiary/aromatic N) is 1. The van der Waals surface area contributed by atoms with Crippen molar-refractivity contribution in [3.8, 4) is 0 Å². The van der Waals surface area contributed by atoms with Gasteiger partial charge < -0.3 is 10.1 Å². The van der Waals surface area contributed by atoms with E-state index in [-0.39, 0.29) is 24.0 Å². The van der Waals surface area contributed by atoms with Gasteiger partial charge in [0.1, 0.15) is 6.61 Å². The minimum absolute atomic E-state index is 0.0358. The second kappa shape index (κ2) is 9.91. The molecule has 0 unspecified atom stereocenters. The molecule has 182 valence electrons. The summed E-state index contributed by atoms with van der Waals surface area (Å²) in [6.45, 7) is 1.91. The van der Waals surface area contributed by atoms with E-state index in [1.165, 1.54) is 12.1 Å². The third-order valence-corrected chi connectivity index (χ3v) is 7.68. The van der Waals surface area contributed by atoms with Crippen LogP contribution in [0.25, 0.3) is 0 Å². The predicted molar refractivity (Wildman–Crippen MR) is 136 cm³/mol. The Labute approximate surface area is 212 Å². The number of ether oxygens (including phenoxy) is 1. The number of nitro benzene ring substituents is 1. The Kier molecular flexibility index (Phi) is 6.52. The van der Waals surface area contributed by atoms with E-state index in [4.69, 9.17) is 4.74 Å². The van der Waals surface area contributed by atoms with Gasteiger partial charge in [0.05, 0.1) is 10.5 Å². The molecule has 0 spiro atoms. The molecule has 0 saturated heterocycles. The first-order valence-corrected chi connectivity index (χ1v) is 12.5. The maximum Gasteiger partial charge on any atom is 0.337 e. The summed E-state index contributed by atoms with van der Waals surface area (Å²) in [5, 5.41) is 16.5. The maximum absolute atomic E-state index is 13.6. The molecular weight excluding hydrogens is 476 g/mol. The Morgan fingerprint density at radius 1 is 1.08 bits per heavy atom. The molecule has 2 atom stereocenters. The van der Waals surface area contributed by atoms with Crippen LogP contribution in [-0.4, -0.2) is 16.7 Å². The molecule has 1 aromatic heterocycles. The molecule has 36 heavy (non-hydrogen) atoms. The molecule has 3 aromatic rings. The smallest absolute Gasteiger partial charge is 0.337 e. The first-order valence-electron chi connectivity index (χ1n) is 11.6. The lowest BCUT2D eigenvalue weighted by Gasteiger charge is -2.36. The first-order chi connectivity index (χ1) is 17.4. The molecule has 5 rings (SSSR count). The molecule has 2 aromatic carbocycles. The number of allylic oxidation sites excluding steroid dienone is 3. The van der Waals surface area contributed by atoms with Gasteiger partial charge in [-0.15, -0.1) is 11.3 Å². The number of nitro groups is 1. The molecule has 1 aliphatic heterocycles. The quantitative estimate of drug-likeness (QED) is 0.262. The predicted octanol–water partition coefficient (Wildman–Crippen LogP) is 5.76. The van der Waals surface area contributed by atoms with Gasteiger partial charge in [-0.3, -0.25) is 14.9 Å². The second-order valence-corrected chi connectivity index (χ2v) is 9.92. The van der Waals surface area contributed by atoms with Crippen LogP contribution in [0.15, 0.2) is 94.7 Å². The van der Waals surface area contributed by atoms with E-state index in [1.807, 2.05) is 47.8 Å². The Hall–Kier alpha value is -4.04. The normalized spacial score (nSPS) is 19.5. The number of thiophene rings is 1. The molecule has 8 heteroatoms. The number of dihydropyridines is 1. The molecule has 0 radical (unpaired) electrons. The van der Waals surface area contributed by atoms with Crippen LogP contribution >= 0.6 is 11.3 Å². The summed E-state index contributed by atoms with van der Waals surface area (Å²) in [7, 11) is 0. The van der Waals surface area contributed by atoms with Crippen LogP contribution in [-0.2, 0) is 20.9 Å². The van der Waals surface area contributed by atoms with Crippen LogP contribution in [0.3, 0.4) is 0 Å². The SMILES string of the molecule is CC1=C(C(=O)OCc2ccccc2)[C@H](c2ccc([N+](=O)[O-])cc2)C2=C(C[C@H](c3cccs3)CC2=O)N1. The number of ketones is 1. The number of Topliss-reactive ketones (excluding diaryl/α,β-unsaturated/α-hetero) is 1. The lowest BCUT2D eigenvalue weighted by Crippen LogP contribution is -2.36. The summed E-state index contributed by atoms with van der Waals surface area (Å²) in [5.74, 6) is -1.15. The van der Waals surface area contributed by atoms with E-state index < -0.39 is 16.8 Å². The fourth-order valence-corrected chi connectivity index (χ4v) is 5.79. The van der Waals surface area contributed by atoms with Crippen LogP contribution < -0.4 is 5.32 Å². The number of carbonyl (C=O) groups is 2. The van der Waals surface area contributed by atoms with Gasteiger partial charge in [-0.25, -0.2) is 4.79 Å². The molecule has 0 amide bonds. The Morgan fingerprint density at radius 3 is 2.50 bits per heavy atom. The maximum atomic E-state index is 13.6. The highest BCUT2D eigenvalue weighted by atomic mass is 32.1. The van der Waals surface area contributed by atoms with Crippen molar-refractivity contribution in [2.45, 2.75) is 38.2 Å². The van der Waals surface area contributed by atoms with Gasteiger partial charge in [-0.2, -0.15) is 0 Å². The summed E-state index contributed by atoms with van der Waals surface area (Å²) in [5.41, 5.74) is 3.74. The van der Waals surface area contributed by atoms with E-state index in [0.717, 1.165) is 16.1 Å². The van der Waals surface area contributed by atoms with Crippen LogP contribution in [0.2, 0.25) is 0 Å². The van der Waals surface area contributed by atoms with Crippen molar-refractivity contribution < 1.29 is 19.2 Å². The van der Waals surface area contributed by atoms with Gasteiger partial charge in [0.25, 0.3) is 5.69 Å². The average molecular weight is 501 g/mol. The van der Waals surface area contributed by atoms with E-state index >= 15 is 0 Å². The van der Waals surface area contributed by atoms with Crippen molar-refractivity contribution in [3.63, 3.8) is 0 Å².